The molecule has 0 spiro atoms. The highest BCUT2D eigenvalue weighted by atomic mass is 16.6. The van der Waals surface area contributed by atoms with Crippen LogP contribution in [0.25, 0.3) is 16.8 Å². The molecular weight excluding hydrogens is 378 g/mol. The summed E-state index contributed by atoms with van der Waals surface area (Å²) in [6.07, 6.45) is 3.72. The van der Waals surface area contributed by atoms with Gasteiger partial charge in [0, 0.05) is 25.5 Å². The molecule has 30 heavy (non-hydrogen) atoms. The summed E-state index contributed by atoms with van der Waals surface area (Å²) in [6, 6.07) is 20.0. The van der Waals surface area contributed by atoms with E-state index in [1.807, 2.05) is 66.9 Å². The maximum Gasteiger partial charge on any atom is 0.304 e. The van der Waals surface area contributed by atoms with Crippen molar-refractivity contribution in [3.05, 3.63) is 96.3 Å². The summed E-state index contributed by atoms with van der Waals surface area (Å²) in [7, 11) is 0. The number of hydroxylamine groups is 1. The lowest BCUT2D eigenvalue weighted by molar-refractivity contribution is -0.136. The maximum absolute atomic E-state index is 10.5. The third kappa shape index (κ3) is 6.55. The van der Waals surface area contributed by atoms with Gasteiger partial charge in [0.05, 0.1) is 18.7 Å². The van der Waals surface area contributed by atoms with Gasteiger partial charge in [-0.2, -0.15) is 0 Å². The molecule has 0 aliphatic heterocycles. The Labute approximate surface area is 176 Å². The van der Waals surface area contributed by atoms with Gasteiger partial charge in [0.2, 0.25) is 0 Å². The van der Waals surface area contributed by atoms with E-state index in [1.54, 1.807) is 6.20 Å². The highest BCUT2D eigenvalue weighted by Crippen LogP contribution is 2.19. The van der Waals surface area contributed by atoms with Crippen molar-refractivity contribution in [3.8, 4) is 11.1 Å². The fraction of sp³-hybridized carbons (Fsp3) is 0.167. The van der Waals surface area contributed by atoms with Crippen LogP contribution in [0, 0.1) is 0 Å². The van der Waals surface area contributed by atoms with Crippen LogP contribution in [0.3, 0.4) is 0 Å². The Balaban J connectivity index is 1.42. The number of carboxylic acids is 1. The van der Waals surface area contributed by atoms with Gasteiger partial charge in [-0.1, -0.05) is 61.2 Å². The molecule has 0 saturated carbocycles. The van der Waals surface area contributed by atoms with Gasteiger partial charge in [0.25, 0.3) is 0 Å². The van der Waals surface area contributed by atoms with Crippen molar-refractivity contribution < 1.29 is 14.7 Å². The van der Waals surface area contributed by atoms with E-state index < -0.39 is 5.97 Å². The predicted octanol–water partition coefficient (Wildman–Crippen LogP) is 4.01. The second-order valence-electron chi connectivity index (χ2n) is 6.83. The van der Waals surface area contributed by atoms with Crippen LogP contribution >= 0.6 is 0 Å². The average Bonchev–Trinajstić information content (AvgIpc) is 2.78. The molecule has 6 heteroatoms. The van der Waals surface area contributed by atoms with E-state index in [0.29, 0.717) is 25.4 Å². The van der Waals surface area contributed by atoms with E-state index in [-0.39, 0.29) is 6.42 Å². The van der Waals surface area contributed by atoms with E-state index in [2.05, 4.69) is 22.4 Å². The number of nitrogens with zero attached hydrogens (tertiary/aromatic N) is 1. The lowest BCUT2D eigenvalue weighted by atomic mass is 10.1. The van der Waals surface area contributed by atoms with Crippen LogP contribution in [0.1, 0.15) is 23.1 Å². The van der Waals surface area contributed by atoms with E-state index >= 15 is 0 Å². The van der Waals surface area contributed by atoms with Crippen molar-refractivity contribution in [2.45, 2.75) is 19.6 Å². The van der Waals surface area contributed by atoms with E-state index in [9.17, 15) is 4.79 Å². The number of pyridine rings is 1. The number of carboxylic acid groups (broad SMARTS) is 1. The molecule has 1 heterocycles. The van der Waals surface area contributed by atoms with Crippen LogP contribution in [-0.2, 0) is 22.8 Å². The number of benzene rings is 2. The van der Waals surface area contributed by atoms with Crippen molar-refractivity contribution in [1.29, 1.82) is 0 Å². The van der Waals surface area contributed by atoms with Crippen LogP contribution < -0.4 is 10.8 Å². The lowest BCUT2D eigenvalue weighted by Crippen LogP contribution is -2.17. The minimum Gasteiger partial charge on any atom is -0.481 e. The molecule has 6 nitrogen and oxygen atoms in total. The second-order valence-corrected chi connectivity index (χ2v) is 6.83. The zero-order chi connectivity index (χ0) is 21.2. The van der Waals surface area contributed by atoms with Crippen molar-refractivity contribution in [3.63, 3.8) is 0 Å². The number of hydrogen-bond donors (Lipinski definition) is 3. The molecular formula is C24H25N3O3. The van der Waals surface area contributed by atoms with Gasteiger partial charge in [-0.25, -0.2) is 0 Å². The van der Waals surface area contributed by atoms with Crippen LogP contribution in [0.15, 0.2) is 79.6 Å². The minimum atomic E-state index is -0.801. The third-order valence-corrected chi connectivity index (χ3v) is 4.53. The molecule has 0 aliphatic rings. The number of carbonyl (C=O) groups is 1. The lowest BCUT2D eigenvalue weighted by Gasteiger charge is -2.11. The van der Waals surface area contributed by atoms with Crippen molar-refractivity contribution in [1.82, 2.24) is 15.8 Å². The van der Waals surface area contributed by atoms with Gasteiger partial charge in [-0.3, -0.25) is 20.1 Å². The molecule has 0 atom stereocenters. The van der Waals surface area contributed by atoms with E-state index in [4.69, 9.17) is 9.94 Å². The zero-order valence-corrected chi connectivity index (χ0v) is 16.7. The second kappa shape index (κ2) is 10.9. The summed E-state index contributed by atoms with van der Waals surface area (Å²) in [4.78, 5) is 20.2. The van der Waals surface area contributed by atoms with Gasteiger partial charge in [-0.15, -0.1) is 0 Å². The molecule has 0 radical (unpaired) electrons. The molecule has 0 unspecified atom stereocenters. The first-order chi connectivity index (χ1) is 14.6. The number of hydrogen-bond acceptors (Lipinski definition) is 5. The van der Waals surface area contributed by atoms with Crippen molar-refractivity contribution in [2.24, 2.45) is 0 Å². The zero-order valence-electron chi connectivity index (χ0n) is 16.7. The summed E-state index contributed by atoms with van der Waals surface area (Å²) < 4.78 is 0. The monoisotopic (exact) mass is 403 g/mol. The Hall–Kier alpha value is -3.48. The van der Waals surface area contributed by atoms with Gasteiger partial charge in [-0.05, 0) is 33.9 Å². The van der Waals surface area contributed by atoms with Gasteiger partial charge >= 0.3 is 5.97 Å². The summed E-state index contributed by atoms with van der Waals surface area (Å²) in [5.74, 6) is -0.801. The Morgan fingerprint density at radius 3 is 2.40 bits per heavy atom. The first-order valence-corrected chi connectivity index (χ1v) is 9.69. The summed E-state index contributed by atoms with van der Waals surface area (Å²) in [5.41, 5.74) is 8.81. The summed E-state index contributed by atoms with van der Waals surface area (Å²) >= 11 is 0. The number of nitrogens with one attached hydrogen (secondary N) is 2. The first kappa shape index (κ1) is 21.2. The molecule has 0 bridgehead atoms. The standard InChI is InChI=1S/C24H25N3O3/c1-18(21-8-4-19(5-9-21)15-26-14-12-24(28)29)27-30-17-20-6-10-22(11-7-20)23-3-2-13-25-16-23/h2-11,13,16,26-27H,1,12,14-15,17H2,(H,28,29). The molecule has 3 aromatic rings. The highest BCUT2D eigenvalue weighted by Gasteiger charge is 2.02. The van der Waals surface area contributed by atoms with Crippen LogP contribution in [0.5, 0.6) is 0 Å². The van der Waals surface area contributed by atoms with Gasteiger partial charge in [0.1, 0.15) is 0 Å². The maximum atomic E-state index is 10.5. The SMILES string of the molecule is C=C(NOCc1ccc(-c2cccnc2)cc1)c1ccc(CNCCC(=O)O)cc1. The Morgan fingerprint density at radius 2 is 1.73 bits per heavy atom. The number of aliphatic carboxylic acids is 1. The van der Waals surface area contributed by atoms with Crippen LogP contribution in [0.2, 0.25) is 0 Å². The minimum absolute atomic E-state index is 0.113. The molecule has 0 fully saturated rings. The van der Waals surface area contributed by atoms with Gasteiger partial charge in [0.15, 0.2) is 0 Å². The topological polar surface area (TPSA) is 83.5 Å². The van der Waals surface area contributed by atoms with Gasteiger partial charge < -0.3 is 10.4 Å². The Bertz CT molecular complexity index is 955. The van der Waals surface area contributed by atoms with E-state index in [1.165, 1.54) is 0 Å². The molecule has 154 valence electrons. The third-order valence-electron chi connectivity index (χ3n) is 4.53. The van der Waals surface area contributed by atoms with Crippen LogP contribution in [-0.4, -0.2) is 22.6 Å². The molecule has 0 saturated heterocycles. The fourth-order valence-corrected chi connectivity index (χ4v) is 2.84. The molecule has 1 aromatic heterocycles. The first-order valence-electron chi connectivity index (χ1n) is 9.69. The molecule has 3 N–H and O–H groups in total. The fourth-order valence-electron chi connectivity index (χ4n) is 2.84. The Kier molecular flexibility index (Phi) is 7.71. The quantitative estimate of drug-likeness (QED) is 0.331. The molecule has 3 rings (SSSR count). The smallest absolute Gasteiger partial charge is 0.304 e. The molecule has 0 aliphatic carbocycles. The Morgan fingerprint density at radius 1 is 1.00 bits per heavy atom. The predicted molar refractivity (Wildman–Crippen MR) is 117 cm³/mol. The number of aromatic nitrogens is 1. The average molecular weight is 403 g/mol. The normalized spacial score (nSPS) is 10.5. The van der Waals surface area contributed by atoms with Crippen LogP contribution in [0.4, 0.5) is 0 Å². The summed E-state index contributed by atoms with van der Waals surface area (Å²) in [6.45, 7) is 5.50. The van der Waals surface area contributed by atoms with E-state index in [0.717, 1.165) is 27.8 Å². The largest absolute Gasteiger partial charge is 0.481 e. The molecule has 2 aromatic carbocycles. The highest BCUT2D eigenvalue weighted by molar-refractivity contribution is 5.66. The number of rotatable bonds is 11. The van der Waals surface area contributed by atoms with Crippen molar-refractivity contribution in [2.75, 3.05) is 6.54 Å². The summed E-state index contributed by atoms with van der Waals surface area (Å²) in [5, 5.41) is 11.7. The van der Waals surface area contributed by atoms with Crippen molar-refractivity contribution >= 4 is 11.7 Å². The molecule has 0 amide bonds.